The van der Waals surface area contributed by atoms with Gasteiger partial charge in [-0.1, -0.05) is 30.7 Å². The highest BCUT2D eigenvalue weighted by atomic mass is 16.1. The Bertz CT molecular complexity index is 397. The number of piperidine rings is 1. The minimum Gasteiger partial charge on any atom is -0.369 e. The normalized spacial score (nSPS) is 22.1. The molecule has 2 atom stereocenters. The van der Waals surface area contributed by atoms with Crippen LogP contribution in [0.3, 0.4) is 0 Å². The van der Waals surface area contributed by atoms with Crippen LogP contribution >= 0.6 is 0 Å². The first-order valence-corrected chi connectivity index (χ1v) is 6.28. The van der Waals surface area contributed by atoms with Gasteiger partial charge in [-0.25, -0.2) is 0 Å². The van der Waals surface area contributed by atoms with Gasteiger partial charge in [0.25, 0.3) is 0 Å². The molecular formula is C14H20N2O. The summed E-state index contributed by atoms with van der Waals surface area (Å²) in [6, 6.07) is 8.21. The number of amides is 1. The van der Waals surface area contributed by atoms with Crippen molar-refractivity contribution in [2.45, 2.75) is 38.1 Å². The third kappa shape index (κ3) is 2.67. The summed E-state index contributed by atoms with van der Waals surface area (Å²) in [5.41, 5.74) is 7.80. The molecule has 92 valence electrons. The van der Waals surface area contributed by atoms with Crippen LogP contribution in [0.5, 0.6) is 0 Å². The average Bonchev–Trinajstić information content (AvgIpc) is 2.33. The van der Waals surface area contributed by atoms with Gasteiger partial charge in [-0.3, -0.25) is 4.79 Å². The molecule has 1 aliphatic heterocycles. The molecule has 1 aromatic carbocycles. The lowest BCUT2D eigenvalue weighted by Crippen LogP contribution is -2.44. The maximum absolute atomic E-state index is 11.7. The van der Waals surface area contributed by atoms with Crippen LogP contribution < -0.4 is 11.1 Å². The highest BCUT2D eigenvalue weighted by molar-refractivity contribution is 5.83. The molecule has 0 aromatic heterocycles. The number of aryl methyl sites for hydroxylation is 1. The summed E-state index contributed by atoms with van der Waals surface area (Å²) in [6.45, 7) is 3.02. The van der Waals surface area contributed by atoms with Gasteiger partial charge in [-0.05, 0) is 37.4 Å². The quantitative estimate of drug-likeness (QED) is 0.833. The van der Waals surface area contributed by atoms with E-state index in [9.17, 15) is 4.79 Å². The Kier molecular flexibility index (Phi) is 3.79. The first-order chi connectivity index (χ1) is 8.20. The molecule has 1 aliphatic rings. The Morgan fingerprint density at radius 2 is 2.18 bits per heavy atom. The zero-order valence-electron chi connectivity index (χ0n) is 10.3. The predicted octanol–water partition coefficient (Wildman–Crippen LogP) is 1.71. The van der Waals surface area contributed by atoms with E-state index in [1.54, 1.807) is 0 Å². The molecule has 1 amide bonds. The van der Waals surface area contributed by atoms with Crippen molar-refractivity contribution in [1.29, 1.82) is 0 Å². The SMILES string of the molecule is Cc1ccccc1C(C(N)=O)C1CCCCN1. The van der Waals surface area contributed by atoms with Crippen LogP contribution in [0.4, 0.5) is 0 Å². The van der Waals surface area contributed by atoms with E-state index in [0.717, 1.165) is 24.1 Å². The fraction of sp³-hybridized carbons (Fsp3) is 0.500. The second-order valence-corrected chi connectivity index (χ2v) is 4.79. The Morgan fingerprint density at radius 1 is 1.41 bits per heavy atom. The van der Waals surface area contributed by atoms with Crippen LogP contribution in [-0.4, -0.2) is 18.5 Å². The molecule has 1 heterocycles. The van der Waals surface area contributed by atoms with E-state index < -0.39 is 0 Å². The van der Waals surface area contributed by atoms with E-state index in [1.165, 1.54) is 12.8 Å². The Labute approximate surface area is 102 Å². The molecular weight excluding hydrogens is 212 g/mol. The lowest BCUT2D eigenvalue weighted by atomic mass is 9.84. The third-order valence-corrected chi connectivity index (χ3v) is 3.58. The maximum atomic E-state index is 11.7. The molecule has 0 saturated carbocycles. The van der Waals surface area contributed by atoms with Crippen LogP contribution in [0.25, 0.3) is 0 Å². The van der Waals surface area contributed by atoms with Crippen molar-refractivity contribution in [3.63, 3.8) is 0 Å². The van der Waals surface area contributed by atoms with Gasteiger partial charge >= 0.3 is 0 Å². The van der Waals surface area contributed by atoms with Crippen LogP contribution in [-0.2, 0) is 4.79 Å². The highest BCUT2D eigenvalue weighted by Gasteiger charge is 2.29. The molecule has 0 aliphatic carbocycles. The molecule has 0 radical (unpaired) electrons. The van der Waals surface area contributed by atoms with E-state index >= 15 is 0 Å². The molecule has 3 heteroatoms. The summed E-state index contributed by atoms with van der Waals surface area (Å²) in [6.07, 6.45) is 3.39. The van der Waals surface area contributed by atoms with Crippen molar-refractivity contribution >= 4 is 5.91 Å². The lowest BCUT2D eigenvalue weighted by molar-refractivity contribution is -0.120. The van der Waals surface area contributed by atoms with Crippen molar-refractivity contribution in [2.75, 3.05) is 6.54 Å². The van der Waals surface area contributed by atoms with E-state index in [1.807, 2.05) is 31.2 Å². The first-order valence-electron chi connectivity index (χ1n) is 6.28. The molecule has 17 heavy (non-hydrogen) atoms. The number of benzene rings is 1. The van der Waals surface area contributed by atoms with Crippen molar-refractivity contribution in [1.82, 2.24) is 5.32 Å². The Morgan fingerprint density at radius 3 is 2.76 bits per heavy atom. The van der Waals surface area contributed by atoms with Crippen molar-refractivity contribution < 1.29 is 4.79 Å². The first kappa shape index (κ1) is 12.1. The molecule has 0 bridgehead atoms. The standard InChI is InChI=1S/C14H20N2O/c1-10-6-2-3-7-11(10)13(14(15)17)12-8-4-5-9-16-12/h2-3,6-7,12-13,16H,4-5,8-9H2,1H3,(H2,15,17). The number of hydrogen-bond donors (Lipinski definition) is 2. The molecule has 1 aromatic rings. The van der Waals surface area contributed by atoms with Gasteiger partial charge in [0.05, 0.1) is 5.92 Å². The van der Waals surface area contributed by atoms with Crippen LogP contribution in [0.1, 0.15) is 36.3 Å². The highest BCUT2D eigenvalue weighted by Crippen LogP contribution is 2.27. The summed E-state index contributed by atoms with van der Waals surface area (Å²) in [7, 11) is 0. The number of nitrogens with two attached hydrogens (primary N) is 1. The monoisotopic (exact) mass is 232 g/mol. The van der Waals surface area contributed by atoms with Crippen LogP contribution in [0, 0.1) is 6.92 Å². The number of rotatable bonds is 3. The summed E-state index contributed by atoms with van der Waals surface area (Å²) < 4.78 is 0. The van der Waals surface area contributed by atoms with Crippen LogP contribution in [0.15, 0.2) is 24.3 Å². The van der Waals surface area contributed by atoms with E-state index in [0.29, 0.717) is 0 Å². The summed E-state index contributed by atoms with van der Waals surface area (Å²) >= 11 is 0. The maximum Gasteiger partial charge on any atom is 0.226 e. The van der Waals surface area contributed by atoms with Crippen LogP contribution in [0.2, 0.25) is 0 Å². The summed E-state index contributed by atoms with van der Waals surface area (Å²) in [5, 5.41) is 3.43. The van der Waals surface area contributed by atoms with E-state index in [-0.39, 0.29) is 17.9 Å². The summed E-state index contributed by atoms with van der Waals surface area (Å²) in [4.78, 5) is 11.7. The van der Waals surface area contributed by atoms with Crippen molar-refractivity contribution in [2.24, 2.45) is 5.73 Å². The largest absolute Gasteiger partial charge is 0.369 e. The molecule has 1 fully saturated rings. The van der Waals surface area contributed by atoms with E-state index in [4.69, 9.17) is 5.73 Å². The predicted molar refractivity (Wildman–Crippen MR) is 68.8 cm³/mol. The average molecular weight is 232 g/mol. The number of hydrogen-bond acceptors (Lipinski definition) is 2. The minimum absolute atomic E-state index is 0.197. The molecule has 2 rings (SSSR count). The molecule has 3 N–H and O–H groups in total. The molecule has 1 saturated heterocycles. The van der Waals surface area contributed by atoms with Gasteiger partial charge < -0.3 is 11.1 Å². The molecule has 2 unspecified atom stereocenters. The number of nitrogens with one attached hydrogen (secondary N) is 1. The number of primary amides is 1. The zero-order valence-corrected chi connectivity index (χ0v) is 10.3. The van der Waals surface area contributed by atoms with Gasteiger partial charge in [-0.2, -0.15) is 0 Å². The van der Waals surface area contributed by atoms with Gasteiger partial charge in [0, 0.05) is 6.04 Å². The lowest BCUT2D eigenvalue weighted by Gasteiger charge is -2.30. The second-order valence-electron chi connectivity index (χ2n) is 4.79. The third-order valence-electron chi connectivity index (χ3n) is 3.58. The van der Waals surface area contributed by atoms with Crippen molar-refractivity contribution in [3.05, 3.63) is 35.4 Å². The number of carbonyl (C=O) groups is 1. The van der Waals surface area contributed by atoms with Gasteiger partial charge in [0.1, 0.15) is 0 Å². The Hall–Kier alpha value is -1.35. The Balaban J connectivity index is 2.28. The zero-order chi connectivity index (χ0) is 12.3. The minimum atomic E-state index is -0.223. The second kappa shape index (κ2) is 5.32. The van der Waals surface area contributed by atoms with Gasteiger partial charge in [-0.15, -0.1) is 0 Å². The molecule has 0 spiro atoms. The van der Waals surface area contributed by atoms with Crippen molar-refractivity contribution in [3.8, 4) is 0 Å². The number of carbonyl (C=O) groups excluding carboxylic acids is 1. The topological polar surface area (TPSA) is 55.1 Å². The summed E-state index contributed by atoms with van der Waals surface area (Å²) in [5.74, 6) is -0.421. The smallest absolute Gasteiger partial charge is 0.226 e. The van der Waals surface area contributed by atoms with E-state index in [2.05, 4.69) is 5.32 Å². The van der Waals surface area contributed by atoms with Gasteiger partial charge in [0.15, 0.2) is 0 Å². The molecule has 3 nitrogen and oxygen atoms in total. The van der Waals surface area contributed by atoms with Gasteiger partial charge in [0.2, 0.25) is 5.91 Å². The fourth-order valence-corrected chi connectivity index (χ4v) is 2.67. The fourth-order valence-electron chi connectivity index (χ4n) is 2.67.